The third-order valence-electron chi connectivity index (χ3n) is 3.44. The lowest BCUT2D eigenvalue weighted by molar-refractivity contribution is 0.0697. The minimum absolute atomic E-state index is 0.125. The number of benzene rings is 2. The van der Waals surface area contributed by atoms with E-state index >= 15 is 0 Å². The summed E-state index contributed by atoms with van der Waals surface area (Å²) in [5.41, 5.74) is 3.58. The number of hydrogen-bond acceptors (Lipinski definition) is 3. The zero-order valence-electron chi connectivity index (χ0n) is 12.0. The van der Waals surface area contributed by atoms with E-state index in [-0.39, 0.29) is 5.56 Å². The number of anilines is 1. The molecule has 21 heavy (non-hydrogen) atoms. The summed E-state index contributed by atoms with van der Waals surface area (Å²) in [6.07, 6.45) is 0. The van der Waals surface area contributed by atoms with Gasteiger partial charge in [-0.1, -0.05) is 24.3 Å². The molecule has 106 valence electrons. The van der Waals surface area contributed by atoms with E-state index in [4.69, 9.17) is 5.11 Å². The second kappa shape index (κ2) is 6.10. The predicted octanol–water partition coefficient (Wildman–Crippen LogP) is 3.20. The first-order valence-electron chi connectivity index (χ1n) is 6.56. The summed E-state index contributed by atoms with van der Waals surface area (Å²) in [4.78, 5) is 12.9. The van der Waals surface area contributed by atoms with Crippen molar-refractivity contribution in [2.45, 2.75) is 13.5 Å². The molecule has 2 aromatic rings. The van der Waals surface area contributed by atoms with E-state index < -0.39 is 5.97 Å². The number of nitrogens with zero attached hydrogens (tertiary/aromatic N) is 2. The molecule has 0 aliphatic heterocycles. The fourth-order valence-electron chi connectivity index (χ4n) is 2.22. The van der Waals surface area contributed by atoms with Crippen LogP contribution in [-0.4, -0.2) is 18.1 Å². The Morgan fingerprint density at radius 1 is 1.29 bits per heavy atom. The lowest BCUT2D eigenvalue weighted by Crippen LogP contribution is -2.18. The maximum absolute atomic E-state index is 11.0. The zero-order chi connectivity index (χ0) is 15.4. The van der Waals surface area contributed by atoms with Crippen LogP contribution in [0.2, 0.25) is 0 Å². The van der Waals surface area contributed by atoms with E-state index in [0.29, 0.717) is 12.1 Å². The van der Waals surface area contributed by atoms with Crippen LogP contribution in [0.1, 0.15) is 27.0 Å². The van der Waals surface area contributed by atoms with Crippen molar-refractivity contribution in [3.63, 3.8) is 0 Å². The first-order valence-corrected chi connectivity index (χ1v) is 6.56. The SMILES string of the molecule is Cc1ccccc1CN(C)c1ccc(C(=O)O)cc1C#N. The molecule has 0 fully saturated rings. The first-order chi connectivity index (χ1) is 10.0. The Morgan fingerprint density at radius 3 is 2.62 bits per heavy atom. The standard InChI is InChI=1S/C17H16N2O2/c1-12-5-3-4-6-14(12)11-19(2)16-8-7-13(17(20)21)9-15(16)10-18/h3-9H,11H2,1-2H3,(H,20,21). The third-order valence-corrected chi connectivity index (χ3v) is 3.44. The average Bonchev–Trinajstić information content (AvgIpc) is 2.48. The normalized spacial score (nSPS) is 9.95. The van der Waals surface area contributed by atoms with Crippen molar-refractivity contribution in [2.75, 3.05) is 11.9 Å². The van der Waals surface area contributed by atoms with E-state index in [9.17, 15) is 10.1 Å². The Kier molecular flexibility index (Phi) is 4.24. The topological polar surface area (TPSA) is 64.3 Å². The fourth-order valence-corrected chi connectivity index (χ4v) is 2.22. The van der Waals surface area contributed by atoms with Gasteiger partial charge in [0.15, 0.2) is 0 Å². The number of aryl methyl sites for hydroxylation is 1. The first kappa shape index (κ1) is 14.6. The number of carbonyl (C=O) groups is 1. The Labute approximate surface area is 123 Å². The van der Waals surface area contributed by atoms with Crippen LogP contribution in [0.5, 0.6) is 0 Å². The van der Waals surface area contributed by atoms with Gasteiger partial charge in [-0.2, -0.15) is 5.26 Å². The molecule has 0 saturated carbocycles. The molecule has 0 aromatic heterocycles. The molecule has 0 spiro atoms. The van der Waals surface area contributed by atoms with Crippen molar-refractivity contribution in [2.24, 2.45) is 0 Å². The maximum Gasteiger partial charge on any atom is 0.335 e. The third kappa shape index (κ3) is 3.21. The van der Waals surface area contributed by atoms with Gasteiger partial charge in [-0.3, -0.25) is 0 Å². The summed E-state index contributed by atoms with van der Waals surface area (Å²) < 4.78 is 0. The molecule has 0 aliphatic carbocycles. The van der Waals surface area contributed by atoms with Crippen molar-refractivity contribution in [3.8, 4) is 6.07 Å². The van der Waals surface area contributed by atoms with Gasteiger partial charge in [0.2, 0.25) is 0 Å². The molecule has 0 radical (unpaired) electrons. The molecule has 0 heterocycles. The van der Waals surface area contributed by atoms with Gasteiger partial charge in [-0.25, -0.2) is 4.79 Å². The molecule has 1 N–H and O–H groups in total. The van der Waals surface area contributed by atoms with Gasteiger partial charge < -0.3 is 10.0 Å². The average molecular weight is 280 g/mol. The van der Waals surface area contributed by atoms with Crippen LogP contribution < -0.4 is 4.90 Å². The number of rotatable bonds is 4. The Bertz CT molecular complexity index is 717. The number of aromatic carboxylic acids is 1. The predicted molar refractivity (Wildman–Crippen MR) is 81.4 cm³/mol. The largest absolute Gasteiger partial charge is 0.478 e. The van der Waals surface area contributed by atoms with E-state index in [1.165, 1.54) is 23.3 Å². The van der Waals surface area contributed by atoms with Gasteiger partial charge in [0.25, 0.3) is 0 Å². The number of carboxylic acids is 1. The van der Waals surface area contributed by atoms with Gasteiger partial charge in [0, 0.05) is 13.6 Å². The molecule has 2 aromatic carbocycles. The number of carboxylic acid groups (broad SMARTS) is 1. The van der Waals surface area contributed by atoms with Crippen LogP contribution in [0.4, 0.5) is 5.69 Å². The lowest BCUT2D eigenvalue weighted by Gasteiger charge is -2.21. The quantitative estimate of drug-likeness (QED) is 0.934. The maximum atomic E-state index is 11.0. The van der Waals surface area contributed by atoms with Crippen molar-refractivity contribution in [1.82, 2.24) is 0 Å². The minimum atomic E-state index is -1.03. The van der Waals surface area contributed by atoms with Gasteiger partial charge in [-0.05, 0) is 36.2 Å². The highest BCUT2D eigenvalue weighted by Crippen LogP contribution is 2.23. The highest BCUT2D eigenvalue weighted by Gasteiger charge is 2.12. The van der Waals surface area contributed by atoms with Gasteiger partial charge in [0.1, 0.15) is 6.07 Å². The molecule has 0 saturated heterocycles. The Hall–Kier alpha value is -2.80. The van der Waals surface area contributed by atoms with E-state index in [0.717, 1.165) is 5.69 Å². The summed E-state index contributed by atoms with van der Waals surface area (Å²) in [6, 6.07) is 14.7. The number of nitriles is 1. The molecule has 0 atom stereocenters. The molecular weight excluding hydrogens is 264 g/mol. The van der Waals surface area contributed by atoms with Crippen molar-refractivity contribution < 1.29 is 9.90 Å². The summed E-state index contributed by atoms with van der Waals surface area (Å²) in [5.74, 6) is -1.03. The minimum Gasteiger partial charge on any atom is -0.478 e. The molecule has 4 nitrogen and oxygen atoms in total. The summed E-state index contributed by atoms with van der Waals surface area (Å²) >= 11 is 0. The van der Waals surface area contributed by atoms with Crippen LogP contribution in [0.3, 0.4) is 0 Å². The van der Waals surface area contributed by atoms with E-state index in [1.807, 2.05) is 43.1 Å². The summed E-state index contributed by atoms with van der Waals surface area (Å²) in [7, 11) is 1.89. The van der Waals surface area contributed by atoms with Gasteiger partial charge in [0.05, 0.1) is 16.8 Å². The van der Waals surface area contributed by atoms with Crippen molar-refractivity contribution in [3.05, 3.63) is 64.7 Å². The summed E-state index contributed by atoms with van der Waals surface area (Å²) in [5, 5.41) is 18.2. The number of hydrogen-bond donors (Lipinski definition) is 1. The molecular formula is C17H16N2O2. The van der Waals surface area contributed by atoms with E-state index in [2.05, 4.69) is 6.07 Å². The summed E-state index contributed by atoms with van der Waals surface area (Å²) in [6.45, 7) is 2.70. The van der Waals surface area contributed by atoms with E-state index in [1.54, 1.807) is 6.07 Å². The smallest absolute Gasteiger partial charge is 0.335 e. The second-order valence-corrected chi connectivity index (χ2v) is 4.93. The molecule has 2 rings (SSSR count). The van der Waals surface area contributed by atoms with Crippen LogP contribution in [0.25, 0.3) is 0 Å². The highest BCUT2D eigenvalue weighted by atomic mass is 16.4. The Balaban J connectivity index is 2.31. The molecule has 0 unspecified atom stereocenters. The molecule has 0 aliphatic rings. The second-order valence-electron chi connectivity index (χ2n) is 4.93. The van der Waals surface area contributed by atoms with Crippen LogP contribution >= 0.6 is 0 Å². The van der Waals surface area contributed by atoms with Gasteiger partial charge in [-0.15, -0.1) is 0 Å². The van der Waals surface area contributed by atoms with Gasteiger partial charge >= 0.3 is 5.97 Å². The van der Waals surface area contributed by atoms with Crippen molar-refractivity contribution >= 4 is 11.7 Å². The molecule has 4 heteroatoms. The lowest BCUT2D eigenvalue weighted by atomic mass is 10.1. The fraction of sp³-hybridized carbons (Fsp3) is 0.176. The zero-order valence-corrected chi connectivity index (χ0v) is 12.0. The Morgan fingerprint density at radius 2 is 2.00 bits per heavy atom. The molecule has 0 amide bonds. The van der Waals surface area contributed by atoms with Crippen LogP contribution in [-0.2, 0) is 6.54 Å². The van der Waals surface area contributed by atoms with Crippen LogP contribution in [0, 0.1) is 18.3 Å². The van der Waals surface area contributed by atoms with Crippen LogP contribution in [0.15, 0.2) is 42.5 Å². The highest BCUT2D eigenvalue weighted by molar-refractivity contribution is 5.89. The molecule has 0 bridgehead atoms. The van der Waals surface area contributed by atoms with Crippen molar-refractivity contribution in [1.29, 1.82) is 5.26 Å². The monoisotopic (exact) mass is 280 g/mol.